The van der Waals surface area contributed by atoms with Crippen molar-refractivity contribution in [3.05, 3.63) is 30.2 Å². The van der Waals surface area contributed by atoms with Crippen LogP contribution in [0.3, 0.4) is 0 Å². The minimum absolute atomic E-state index is 0.0142. The van der Waals surface area contributed by atoms with E-state index in [1.165, 1.54) is 29.6 Å². The number of carbonyl (C=O) groups is 1. The Morgan fingerprint density at radius 2 is 2.34 bits per heavy atom. The average Bonchev–Trinajstić information content (AvgIpc) is 3.40. The number of ether oxygens (including phenoxy) is 2. The second kappa shape index (κ2) is 7.04. The fourth-order valence-electron chi connectivity index (χ4n) is 3.45. The van der Waals surface area contributed by atoms with Crippen molar-refractivity contribution in [3.63, 3.8) is 0 Å². The fraction of sp³-hybridized carbons (Fsp3) is 0.429. The summed E-state index contributed by atoms with van der Waals surface area (Å²) in [5.74, 6) is 0.482. The van der Waals surface area contributed by atoms with Crippen molar-refractivity contribution in [1.29, 1.82) is 0 Å². The molecule has 0 saturated carbocycles. The van der Waals surface area contributed by atoms with Crippen molar-refractivity contribution >= 4 is 44.6 Å². The molecular weight excluding hydrogens is 425 g/mol. The predicted molar refractivity (Wildman–Crippen MR) is 100 cm³/mol. The van der Waals surface area contributed by atoms with Crippen molar-refractivity contribution in [2.75, 3.05) is 23.5 Å². The molecule has 15 heteroatoms. The van der Waals surface area contributed by atoms with Gasteiger partial charge in [-0.3, -0.25) is 0 Å². The van der Waals surface area contributed by atoms with E-state index in [4.69, 9.17) is 37.7 Å². The molecule has 5 heterocycles. The molecule has 3 aliphatic heterocycles. The molecule has 150 valence electrons. The predicted octanol–water partition coefficient (Wildman–Crippen LogP) is 0.548. The molecule has 2 N–H and O–H groups in total. The summed E-state index contributed by atoms with van der Waals surface area (Å²) in [5.41, 5.74) is 0.535. The van der Waals surface area contributed by atoms with Crippen molar-refractivity contribution < 1.29 is 28.2 Å². The van der Waals surface area contributed by atoms with Gasteiger partial charge in [0.15, 0.2) is 29.4 Å². The van der Waals surface area contributed by atoms with Gasteiger partial charge >= 0.3 is 21.5 Å². The summed E-state index contributed by atoms with van der Waals surface area (Å²) < 4.78 is 23.6. The first-order chi connectivity index (χ1) is 13.9. The van der Waals surface area contributed by atoms with Gasteiger partial charge in [0.2, 0.25) is 0 Å². The molecule has 2 fully saturated rings. The van der Waals surface area contributed by atoms with Crippen molar-refractivity contribution in [2.24, 2.45) is 0 Å². The number of nitrogens with zero attached hydrogens (tertiary/aromatic N) is 5. The van der Waals surface area contributed by atoms with Crippen molar-refractivity contribution in [3.8, 4) is 0 Å². The van der Waals surface area contributed by atoms with Crippen molar-refractivity contribution in [2.45, 2.75) is 24.5 Å². The van der Waals surface area contributed by atoms with Gasteiger partial charge in [-0.15, -0.1) is 0 Å². The third-order valence-corrected chi connectivity index (χ3v) is 6.07. The topological polar surface area (TPSA) is 133 Å². The van der Waals surface area contributed by atoms with Gasteiger partial charge in [0.25, 0.3) is 0 Å². The Bertz CT molecular complexity index is 937. The van der Waals surface area contributed by atoms with Crippen molar-refractivity contribution in [1.82, 2.24) is 19.5 Å². The summed E-state index contributed by atoms with van der Waals surface area (Å²) in [6, 6.07) is 0. The summed E-state index contributed by atoms with van der Waals surface area (Å²) in [5, 5.41) is 3.34. The zero-order chi connectivity index (χ0) is 20.2. The molecule has 2 aromatic rings. The fourth-order valence-corrected chi connectivity index (χ4v) is 4.67. The lowest BCUT2D eigenvalue weighted by molar-refractivity contribution is -0.0443. The molecule has 0 spiro atoms. The summed E-state index contributed by atoms with van der Waals surface area (Å²) in [7, 11) is 2.11. The lowest BCUT2D eigenvalue weighted by Gasteiger charge is -2.30. The van der Waals surface area contributed by atoms with E-state index in [-0.39, 0.29) is 18.4 Å². The monoisotopic (exact) mass is 439 g/mol. The molecule has 2 aromatic heterocycles. The van der Waals surface area contributed by atoms with E-state index >= 15 is 0 Å². The zero-order valence-electron chi connectivity index (χ0n) is 14.7. The molecule has 5 atom stereocenters. The number of halogens is 1. The lowest BCUT2D eigenvalue weighted by Crippen LogP contribution is -2.48. The van der Waals surface area contributed by atoms with Crippen LogP contribution in [0.1, 0.15) is 0 Å². The highest BCUT2D eigenvalue weighted by Gasteiger charge is 2.60. The average molecular weight is 440 g/mol. The second-order valence-electron chi connectivity index (χ2n) is 6.48. The number of hydrogen-bond donors (Lipinski definition) is 2. The Labute approximate surface area is 171 Å². The van der Waals surface area contributed by atoms with Gasteiger partial charge in [-0.2, -0.15) is 9.05 Å². The van der Waals surface area contributed by atoms with Gasteiger partial charge in [-0.1, -0.05) is 11.6 Å². The third-order valence-electron chi connectivity index (χ3n) is 4.72. The first-order valence-corrected chi connectivity index (χ1v) is 10.5. The first-order valence-electron chi connectivity index (χ1n) is 8.52. The van der Waals surface area contributed by atoms with E-state index in [1.54, 1.807) is 4.90 Å². The normalized spacial score (nSPS) is 33.1. The molecule has 0 aromatic carbocycles. The van der Waals surface area contributed by atoms with Crippen LogP contribution in [0.2, 0.25) is 5.15 Å². The van der Waals surface area contributed by atoms with E-state index in [1.807, 2.05) is 0 Å². The maximum Gasteiger partial charge on any atom is 0.488 e. The van der Waals surface area contributed by atoms with Gasteiger partial charge in [-0.25, -0.2) is 29.2 Å². The molecule has 2 saturated heterocycles. The molecule has 0 amide bonds. The van der Waals surface area contributed by atoms with Crippen LogP contribution in [-0.2, 0) is 18.5 Å². The Hall–Kier alpha value is -2.02. The summed E-state index contributed by atoms with van der Waals surface area (Å²) in [6.45, 7) is 0.263. The van der Waals surface area contributed by atoms with Gasteiger partial charge in [0.1, 0.15) is 31.1 Å². The molecular formula is C14H14BClN6O6P+. The SMILES string of the molecule is [B][P+]1(O)OC[C@H]2OC(N3CNc4c(Cl)ncnc43)C(OC(=O)n3ccnc3)[C@@H]2O1. The molecule has 5 rings (SSSR count). The highest BCUT2D eigenvalue weighted by atomic mass is 35.5. The van der Waals surface area contributed by atoms with E-state index in [9.17, 15) is 9.69 Å². The minimum atomic E-state index is -3.55. The standard InChI is InChI=1S/C14H14BClN6O6P/c15-29(24)25-3-7-9(28-29)10(27-14(23)21-2-1-17-5-21)13(26-7)22-6-20-8-11(16)18-4-19-12(8)22/h1-2,4-5,7,9-10,13,20,24H,3,6H2/q+1/t7-,9-,10?,13?,29?/m1/s1. The Morgan fingerprint density at radius 3 is 3.14 bits per heavy atom. The number of anilines is 2. The minimum Gasteiger partial charge on any atom is -0.438 e. The van der Waals surface area contributed by atoms with Crippen LogP contribution in [-0.4, -0.2) is 75.9 Å². The lowest BCUT2D eigenvalue weighted by atomic mass is 10.1. The Kier molecular flexibility index (Phi) is 4.61. The molecule has 0 bridgehead atoms. The number of carbonyl (C=O) groups excluding carboxylic acids is 1. The number of imidazole rings is 1. The van der Waals surface area contributed by atoms with E-state index in [0.717, 1.165) is 0 Å². The highest BCUT2D eigenvalue weighted by Crippen LogP contribution is 2.58. The largest absolute Gasteiger partial charge is 0.488 e. The van der Waals surface area contributed by atoms with Crippen LogP contribution in [0.4, 0.5) is 16.3 Å². The number of aromatic nitrogens is 4. The third kappa shape index (κ3) is 3.33. The van der Waals surface area contributed by atoms with Crippen LogP contribution in [0.5, 0.6) is 0 Å². The van der Waals surface area contributed by atoms with E-state index in [0.29, 0.717) is 11.5 Å². The van der Waals surface area contributed by atoms with Gasteiger partial charge < -0.3 is 19.7 Å². The number of hydrogen-bond acceptors (Lipinski definition) is 11. The van der Waals surface area contributed by atoms with E-state index in [2.05, 4.69) is 20.3 Å². The second-order valence-corrected chi connectivity index (χ2v) is 8.44. The zero-order valence-corrected chi connectivity index (χ0v) is 16.3. The van der Waals surface area contributed by atoms with Gasteiger partial charge in [0.05, 0.1) is 6.67 Å². The van der Waals surface area contributed by atoms with Crippen LogP contribution in [0.15, 0.2) is 25.0 Å². The Balaban J connectivity index is 1.47. The molecule has 0 aliphatic carbocycles. The van der Waals surface area contributed by atoms with Crippen LogP contribution >= 0.6 is 19.4 Å². The van der Waals surface area contributed by atoms with Crippen LogP contribution < -0.4 is 10.2 Å². The van der Waals surface area contributed by atoms with Gasteiger partial charge in [0, 0.05) is 12.4 Å². The number of fused-ring (bicyclic) bond motifs is 2. The quantitative estimate of drug-likeness (QED) is 0.386. The van der Waals surface area contributed by atoms with Crippen LogP contribution in [0, 0.1) is 0 Å². The number of nitrogens with one attached hydrogen (secondary N) is 1. The highest BCUT2D eigenvalue weighted by molar-refractivity contribution is 7.85. The molecule has 3 aliphatic rings. The summed E-state index contributed by atoms with van der Waals surface area (Å²) >= 11 is 6.12. The molecule has 2 radical (unpaired) electrons. The molecule has 12 nitrogen and oxygen atoms in total. The maximum absolute atomic E-state index is 12.6. The smallest absolute Gasteiger partial charge is 0.438 e. The summed E-state index contributed by atoms with van der Waals surface area (Å²) in [6.07, 6.45) is 1.61. The number of rotatable bonds is 2. The van der Waals surface area contributed by atoms with Gasteiger partial charge in [-0.05, 0) is 0 Å². The van der Waals surface area contributed by atoms with E-state index < -0.39 is 38.5 Å². The van der Waals surface area contributed by atoms with Crippen LogP contribution in [0.25, 0.3) is 0 Å². The Morgan fingerprint density at radius 1 is 1.48 bits per heavy atom. The molecule has 29 heavy (non-hydrogen) atoms. The summed E-state index contributed by atoms with van der Waals surface area (Å²) in [4.78, 5) is 36.4. The maximum atomic E-state index is 12.6. The first kappa shape index (κ1) is 19.0. The molecule has 3 unspecified atom stereocenters.